The summed E-state index contributed by atoms with van der Waals surface area (Å²) in [7, 11) is 0. The van der Waals surface area contributed by atoms with Crippen LogP contribution >= 0.6 is 15.9 Å². The van der Waals surface area contributed by atoms with Gasteiger partial charge in [0.2, 0.25) is 0 Å². The van der Waals surface area contributed by atoms with E-state index in [2.05, 4.69) is 36.2 Å². The van der Waals surface area contributed by atoms with Gasteiger partial charge in [0.1, 0.15) is 10.4 Å². The summed E-state index contributed by atoms with van der Waals surface area (Å²) < 4.78 is 0.768. The normalized spacial score (nSPS) is 12.3. The second kappa shape index (κ2) is 3.68. The van der Waals surface area contributed by atoms with Crippen LogP contribution in [0.15, 0.2) is 40.1 Å². The Balaban J connectivity index is 2.17. The Morgan fingerprint density at radius 2 is 2.12 bits per heavy atom. The summed E-state index contributed by atoms with van der Waals surface area (Å²) >= 11 is 3.32. The molecule has 0 atom stereocenters. The fourth-order valence-corrected chi connectivity index (χ4v) is 1.81. The van der Waals surface area contributed by atoms with E-state index in [1.807, 2.05) is 24.3 Å². The van der Waals surface area contributed by atoms with E-state index in [0.29, 0.717) is 5.82 Å². The van der Waals surface area contributed by atoms with E-state index in [1.165, 1.54) is 0 Å². The van der Waals surface area contributed by atoms with Crippen LogP contribution in [0.2, 0.25) is 0 Å². The molecular weight excluding hydrogens is 268 g/mol. The van der Waals surface area contributed by atoms with Crippen molar-refractivity contribution in [2.45, 2.75) is 0 Å². The van der Waals surface area contributed by atoms with Gasteiger partial charge >= 0.3 is 0 Å². The Labute approximate surface area is 101 Å². The molecule has 4 nitrogen and oxygen atoms in total. The SMILES string of the molecule is Brc1ccc2c(n1)N=Cc1cccnc1N2. The molecule has 0 radical (unpaired) electrons. The first kappa shape index (κ1) is 9.47. The molecule has 16 heavy (non-hydrogen) atoms. The van der Waals surface area contributed by atoms with Crippen LogP contribution in [0.1, 0.15) is 5.56 Å². The maximum absolute atomic E-state index is 4.32. The number of pyridine rings is 2. The lowest BCUT2D eigenvalue weighted by molar-refractivity contribution is 1.23. The average molecular weight is 275 g/mol. The second-order valence-electron chi connectivity index (χ2n) is 3.33. The van der Waals surface area contributed by atoms with E-state index < -0.39 is 0 Å². The third-order valence-corrected chi connectivity index (χ3v) is 2.70. The van der Waals surface area contributed by atoms with E-state index in [-0.39, 0.29) is 0 Å². The molecule has 3 heterocycles. The van der Waals surface area contributed by atoms with Crippen LogP contribution in [0.25, 0.3) is 0 Å². The van der Waals surface area contributed by atoms with E-state index in [9.17, 15) is 0 Å². The summed E-state index contributed by atoms with van der Waals surface area (Å²) in [6.07, 6.45) is 3.51. The van der Waals surface area contributed by atoms with Crippen molar-refractivity contribution in [1.82, 2.24) is 9.97 Å². The lowest BCUT2D eigenvalue weighted by Gasteiger charge is -2.06. The van der Waals surface area contributed by atoms with Crippen molar-refractivity contribution < 1.29 is 0 Å². The zero-order valence-electron chi connectivity index (χ0n) is 8.18. The predicted octanol–water partition coefficient (Wildman–Crippen LogP) is 3.05. The zero-order chi connectivity index (χ0) is 11.0. The molecule has 1 aliphatic rings. The molecule has 5 heteroatoms. The van der Waals surface area contributed by atoms with Gasteiger partial charge in [-0.15, -0.1) is 0 Å². The molecule has 1 aliphatic heterocycles. The largest absolute Gasteiger partial charge is 0.337 e. The quantitative estimate of drug-likeness (QED) is 0.641. The number of aliphatic imine (C=N–C) groups is 1. The second-order valence-corrected chi connectivity index (χ2v) is 4.14. The molecular formula is C11H7BrN4. The smallest absolute Gasteiger partial charge is 0.177 e. The summed E-state index contributed by atoms with van der Waals surface area (Å²) in [5.74, 6) is 1.46. The molecule has 0 amide bonds. The van der Waals surface area contributed by atoms with Crippen LogP contribution in [-0.2, 0) is 0 Å². The number of hydrogen-bond donors (Lipinski definition) is 1. The third kappa shape index (κ3) is 1.59. The molecule has 0 fully saturated rings. The fraction of sp³-hybridized carbons (Fsp3) is 0. The molecule has 0 bridgehead atoms. The van der Waals surface area contributed by atoms with Crippen molar-refractivity contribution in [3.8, 4) is 0 Å². The monoisotopic (exact) mass is 274 g/mol. The van der Waals surface area contributed by atoms with Gasteiger partial charge in [0.15, 0.2) is 5.82 Å². The summed E-state index contributed by atoms with van der Waals surface area (Å²) in [4.78, 5) is 12.9. The van der Waals surface area contributed by atoms with E-state index in [4.69, 9.17) is 0 Å². The Morgan fingerprint density at radius 1 is 1.19 bits per heavy atom. The van der Waals surface area contributed by atoms with Gasteiger partial charge in [-0.1, -0.05) is 0 Å². The van der Waals surface area contributed by atoms with Crippen LogP contribution in [0.4, 0.5) is 17.3 Å². The van der Waals surface area contributed by atoms with Crippen molar-refractivity contribution in [2.24, 2.45) is 4.99 Å². The fourth-order valence-electron chi connectivity index (χ4n) is 1.51. The molecule has 0 saturated carbocycles. The van der Waals surface area contributed by atoms with Gasteiger partial charge in [0.05, 0.1) is 5.69 Å². The number of rotatable bonds is 0. The Morgan fingerprint density at radius 3 is 3.06 bits per heavy atom. The van der Waals surface area contributed by atoms with Crippen LogP contribution in [-0.4, -0.2) is 16.2 Å². The minimum absolute atomic E-state index is 0.660. The number of fused-ring (bicyclic) bond motifs is 2. The number of anilines is 2. The summed E-state index contributed by atoms with van der Waals surface area (Å²) in [6, 6.07) is 7.63. The molecule has 3 rings (SSSR count). The van der Waals surface area contributed by atoms with Crippen molar-refractivity contribution in [3.63, 3.8) is 0 Å². The molecule has 0 aliphatic carbocycles. The first-order valence-corrected chi connectivity index (χ1v) is 5.55. The van der Waals surface area contributed by atoms with Crippen molar-refractivity contribution >= 4 is 39.5 Å². The van der Waals surface area contributed by atoms with Gasteiger partial charge in [-0.25, -0.2) is 15.0 Å². The van der Waals surface area contributed by atoms with Gasteiger partial charge in [0.25, 0.3) is 0 Å². The van der Waals surface area contributed by atoms with Crippen LogP contribution < -0.4 is 5.32 Å². The maximum atomic E-state index is 4.32. The van der Waals surface area contributed by atoms with Crippen LogP contribution in [0.5, 0.6) is 0 Å². The zero-order valence-corrected chi connectivity index (χ0v) is 9.77. The van der Waals surface area contributed by atoms with Crippen LogP contribution in [0.3, 0.4) is 0 Å². The molecule has 0 aromatic carbocycles. The minimum Gasteiger partial charge on any atom is -0.337 e. The first-order chi connectivity index (χ1) is 7.83. The average Bonchev–Trinajstić information content (AvgIpc) is 2.48. The highest BCUT2D eigenvalue weighted by atomic mass is 79.9. The number of halogens is 1. The standard InChI is InChI=1S/C11H7BrN4/c12-9-4-3-8-11(16-9)14-6-7-2-1-5-13-10(7)15-8/h1-6H,(H,13,15). The third-order valence-electron chi connectivity index (χ3n) is 2.26. The van der Waals surface area contributed by atoms with Crippen LogP contribution in [0, 0.1) is 0 Å². The number of aromatic nitrogens is 2. The number of hydrogen-bond acceptors (Lipinski definition) is 4. The molecule has 2 aromatic heterocycles. The number of nitrogens with zero attached hydrogens (tertiary/aromatic N) is 3. The highest BCUT2D eigenvalue weighted by Gasteiger charge is 2.10. The van der Waals surface area contributed by atoms with Gasteiger partial charge < -0.3 is 5.32 Å². The van der Waals surface area contributed by atoms with Gasteiger partial charge in [0, 0.05) is 18.0 Å². The minimum atomic E-state index is 0.660. The first-order valence-electron chi connectivity index (χ1n) is 4.75. The Bertz CT molecular complexity index is 580. The maximum Gasteiger partial charge on any atom is 0.177 e. The summed E-state index contributed by atoms with van der Waals surface area (Å²) in [5, 5.41) is 3.21. The topological polar surface area (TPSA) is 50.2 Å². The summed E-state index contributed by atoms with van der Waals surface area (Å²) in [6.45, 7) is 0. The lowest BCUT2D eigenvalue weighted by Crippen LogP contribution is -1.96. The lowest BCUT2D eigenvalue weighted by atomic mass is 10.3. The molecule has 0 spiro atoms. The molecule has 2 aromatic rings. The molecule has 0 saturated heterocycles. The number of nitrogens with one attached hydrogen (secondary N) is 1. The highest BCUT2D eigenvalue weighted by Crippen LogP contribution is 2.30. The molecule has 0 unspecified atom stereocenters. The van der Waals surface area contributed by atoms with E-state index >= 15 is 0 Å². The highest BCUT2D eigenvalue weighted by molar-refractivity contribution is 9.10. The van der Waals surface area contributed by atoms with Gasteiger partial charge in [-0.2, -0.15) is 0 Å². The summed E-state index contributed by atoms with van der Waals surface area (Å²) in [5.41, 5.74) is 1.81. The predicted molar refractivity (Wildman–Crippen MR) is 66.7 cm³/mol. The van der Waals surface area contributed by atoms with Crippen molar-refractivity contribution in [3.05, 3.63) is 40.6 Å². The van der Waals surface area contributed by atoms with Crippen molar-refractivity contribution in [2.75, 3.05) is 5.32 Å². The molecule has 1 N–H and O–H groups in total. The Kier molecular flexibility index (Phi) is 2.18. The van der Waals surface area contributed by atoms with E-state index in [0.717, 1.165) is 21.7 Å². The molecule has 78 valence electrons. The van der Waals surface area contributed by atoms with E-state index in [1.54, 1.807) is 12.4 Å². The van der Waals surface area contributed by atoms with Gasteiger partial charge in [-0.3, -0.25) is 0 Å². The van der Waals surface area contributed by atoms with Gasteiger partial charge in [-0.05, 0) is 40.2 Å². The Hall–Kier alpha value is -1.75. The van der Waals surface area contributed by atoms with Crippen molar-refractivity contribution in [1.29, 1.82) is 0 Å².